The highest BCUT2D eigenvalue weighted by Gasteiger charge is 2.17. The minimum Gasteiger partial charge on any atom is -0.459 e. The van der Waals surface area contributed by atoms with Crippen LogP contribution in [0.5, 0.6) is 0 Å². The number of carbonyl (C=O) groups is 1. The zero-order valence-electron chi connectivity index (χ0n) is 25.8. The van der Waals surface area contributed by atoms with Crippen molar-refractivity contribution in [2.45, 2.75) is 129 Å². The van der Waals surface area contributed by atoms with E-state index >= 15 is 0 Å². The number of imidazole rings is 1. The Hall–Kier alpha value is -2.18. The Morgan fingerprint density at radius 2 is 1.45 bits per heavy atom. The summed E-state index contributed by atoms with van der Waals surface area (Å²) in [5, 5.41) is 0. The first-order valence-electron chi connectivity index (χ1n) is 16.1. The number of hydrogen-bond donors (Lipinski definition) is 0. The number of hydrogen-bond acceptors (Lipinski definition) is 4. The van der Waals surface area contributed by atoms with Crippen LogP contribution in [0.2, 0.25) is 0 Å². The Morgan fingerprint density at radius 3 is 2.08 bits per heavy atom. The number of rotatable bonds is 25. The predicted octanol–water partition coefficient (Wildman–Crippen LogP) is 7.90. The maximum atomic E-state index is 12.9. The van der Waals surface area contributed by atoms with Crippen LogP contribution < -0.4 is 4.57 Å². The molecule has 6 heteroatoms. The SMILES string of the molecule is CCCCCCCCCCCCCCCCOCC(COC(=O)c1ccccc1C[n+]1ccn(CCC)c1)OC. The number of esters is 1. The van der Waals surface area contributed by atoms with Crippen LogP contribution in [-0.2, 0) is 27.3 Å². The normalized spacial score (nSPS) is 12.1. The smallest absolute Gasteiger partial charge is 0.338 e. The van der Waals surface area contributed by atoms with Gasteiger partial charge in [0.1, 0.15) is 31.6 Å². The van der Waals surface area contributed by atoms with Gasteiger partial charge in [0.05, 0.1) is 18.7 Å². The van der Waals surface area contributed by atoms with E-state index in [0.717, 1.165) is 31.6 Å². The van der Waals surface area contributed by atoms with Crippen molar-refractivity contribution in [1.82, 2.24) is 4.57 Å². The molecule has 0 N–H and O–H groups in total. The molecule has 0 fully saturated rings. The fourth-order valence-corrected chi connectivity index (χ4v) is 5.02. The molecular weight excluding hydrogens is 500 g/mol. The molecule has 0 spiro atoms. The van der Waals surface area contributed by atoms with E-state index in [-0.39, 0.29) is 18.7 Å². The molecule has 40 heavy (non-hydrogen) atoms. The summed E-state index contributed by atoms with van der Waals surface area (Å²) in [7, 11) is 1.64. The number of nitrogens with zero attached hydrogens (tertiary/aromatic N) is 2. The van der Waals surface area contributed by atoms with Crippen LogP contribution in [0.3, 0.4) is 0 Å². The van der Waals surface area contributed by atoms with E-state index in [9.17, 15) is 4.79 Å². The fraction of sp³-hybridized carbons (Fsp3) is 0.706. The lowest BCUT2D eigenvalue weighted by atomic mass is 10.0. The molecule has 2 rings (SSSR count). The van der Waals surface area contributed by atoms with Crippen LogP contribution in [0.25, 0.3) is 0 Å². The molecule has 1 atom stereocenters. The first-order chi connectivity index (χ1) is 19.7. The molecular formula is C34H57N2O4+. The fourth-order valence-electron chi connectivity index (χ4n) is 5.02. The third-order valence-electron chi connectivity index (χ3n) is 7.50. The lowest BCUT2D eigenvalue weighted by Gasteiger charge is -2.16. The number of aromatic nitrogens is 2. The van der Waals surface area contributed by atoms with Gasteiger partial charge in [-0.3, -0.25) is 0 Å². The lowest BCUT2D eigenvalue weighted by Crippen LogP contribution is -2.33. The summed E-state index contributed by atoms with van der Waals surface area (Å²) < 4.78 is 21.2. The van der Waals surface area contributed by atoms with E-state index in [1.165, 1.54) is 83.5 Å². The summed E-state index contributed by atoms with van der Waals surface area (Å²) >= 11 is 0. The van der Waals surface area contributed by atoms with Gasteiger partial charge in [-0.2, -0.15) is 0 Å². The van der Waals surface area contributed by atoms with Crippen molar-refractivity contribution in [3.05, 3.63) is 54.1 Å². The van der Waals surface area contributed by atoms with E-state index in [2.05, 4.69) is 35.5 Å². The van der Waals surface area contributed by atoms with E-state index in [4.69, 9.17) is 14.2 Å². The van der Waals surface area contributed by atoms with Crippen LogP contribution in [0, 0.1) is 0 Å². The van der Waals surface area contributed by atoms with Crippen molar-refractivity contribution in [3.63, 3.8) is 0 Å². The molecule has 0 radical (unpaired) electrons. The summed E-state index contributed by atoms with van der Waals surface area (Å²) in [5.41, 5.74) is 1.53. The van der Waals surface area contributed by atoms with Gasteiger partial charge in [0.25, 0.3) is 0 Å². The number of ether oxygens (including phenoxy) is 3. The molecule has 0 bridgehead atoms. The Bertz CT molecular complexity index is 898. The van der Waals surface area contributed by atoms with E-state index in [1.54, 1.807) is 7.11 Å². The Balaban J connectivity index is 1.53. The minimum atomic E-state index is -0.321. The van der Waals surface area contributed by atoms with Gasteiger partial charge in [-0.05, 0) is 18.9 Å². The number of unbranched alkanes of at least 4 members (excludes halogenated alkanes) is 13. The number of carbonyl (C=O) groups excluding carboxylic acids is 1. The van der Waals surface area contributed by atoms with Crippen LogP contribution in [-0.4, -0.2) is 43.6 Å². The van der Waals surface area contributed by atoms with Gasteiger partial charge in [0.2, 0.25) is 6.33 Å². The molecule has 6 nitrogen and oxygen atoms in total. The van der Waals surface area contributed by atoms with Crippen LogP contribution >= 0.6 is 0 Å². The van der Waals surface area contributed by atoms with Gasteiger partial charge in [-0.25, -0.2) is 13.9 Å². The molecule has 2 aromatic rings. The average molecular weight is 558 g/mol. The summed E-state index contributed by atoms with van der Waals surface area (Å²) in [4.78, 5) is 12.9. The van der Waals surface area contributed by atoms with Gasteiger partial charge in [-0.1, -0.05) is 116 Å². The molecule has 0 aliphatic rings. The van der Waals surface area contributed by atoms with Gasteiger partial charge >= 0.3 is 5.97 Å². The number of aryl methyl sites for hydroxylation is 1. The zero-order valence-corrected chi connectivity index (χ0v) is 25.8. The van der Waals surface area contributed by atoms with Gasteiger partial charge in [-0.15, -0.1) is 0 Å². The minimum absolute atomic E-state index is 0.183. The number of methoxy groups -OCH3 is 1. The molecule has 0 saturated heterocycles. The predicted molar refractivity (Wildman–Crippen MR) is 163 cm³/mol. The van der Waals surface area contributed by atoms with Crippen molar-refractivity contribution in [2.75, 3.05) is 26.9 Å². The maximum absolute atomic E-state index is 12.9. The summed E-state index contributed by atoms with van der Waals surface area (Å²) in [6.07, 6.45) is 25.9. The summed E-state index contributed by atoms with van der Waals surface area (Å²) in [6, 6.07) is 7.64. The highest BCUT2D eigenvalue weighted by atomic mass is 16.6. The molecule has 0 aliphatic carbocycles. The third kappa shape index (κ3) is 15.0. The van der Waals surface area contributed by atoms with E-state index < -0.39 is 0 Å². The average Bonchev–Trinajstić information content (AvgIpc) is 3.41. The molecule has 1 aromatic carbocycles. The molecule has 226 valence electrons. The third-order valence-corrected chi connectivity index (χ3v) is 7.50. The largest absolute Gasteiger partial charge is 0.459 e. The second-order valence-electron chi connectivity index (χ2n) is 11.1. The molecule has 0 amide bonds. The summed E-state index contributed by atoms with van der Waals surface area (Å²) in [5.74, 6) is -0.321. The van der Waals surface area contributed by atoms with Gasteiger partial charge in [0.15, 0.2) is 0 Å². The Morgan fingerprint density at radius 1 is 0.825 bits per heavy atom. The van der Waals surface area contributed by atoms with Crippen molar-refractivity contribution in [1.29, 1.82) is 0 Å². The maximum Gasteiger partial charge on any atom is 0.338 e. The highest BCUT2D eigenvalue weighted by molar-refractivity contribution is 5.91. The van der Waals surface area contributed by atoms with Crippen molar-refractivity contribution >= 4 is 5.97 Å². The van der Waals surface area contributed by atoms with Gasteiger partial charge in [0, 0.05) is 19.3 Å². The second-order valence-corrected chi connectivity index (χ2v) is 11.1. The molecule has 0 aliphatic heterocycles. The quantitative estimate of drug-likeness (QED) is 0.0707. The highest BCUT2D eigenvalue weighted by Crippen LogP contribution is 2.14. The van der Waals surface area contributed by atoms with Crippen molar-refractivity contribution in [2.24, 2.45) is 0 Å². The van der Waals surface area contributed by atoms with Gasteiger partial charge < -0.3 is 14.2 Å². The summed E-state index contributed by atoms with van der Waals surface area (Å²) in [6.45, 7) is 7.39. The Kier molecular flexibility index (Phi) is 19.1. The molecule has 0 saturated carbocycles. The van der Waals surface area contributed by atoms with E-state index in [1.807, 2.05) is 30.5 Å². The van der Waals surface area contributed by atoms with Crippen molar-refractivity contribution < 1.29 is 23.6 Å². The first kappa shape index (κ1) is 34.0. The molecule has 1 heterocycles. The monoisotopic (exact) mass is 557 g/mol. The zero-order chi connectivity index (χ0) is 28.7. The first-order valence-corrected chi connectivity index (χ1v) is 16.1. The number of benzene rings is 1. The second kappa shape index (κ2) is 22.5. The van der Waals surface area contributed by atoms with E-state index in [0.29, 0.717) is 18.7 Å². The molecule has 1 aromatic heterocycles. The van der Waals surface area contributed by atoms with Crippen molar-refractivity contribution in [3.8, 4) is 0 Å². The topological polar surface area (TPSA) is 53.6 Å². The van der Waals surface area contributed by atoms with Crippen LogP contribution in [0.4, 0.5) is 0 Å². The van der Waals surface area contributed by atoms with Crippen LogP contribution in [0.15, 0.2) is 43.0 Å². The van der Waals surface area contributed by atoms with Crippen LogP contribution in [0.1, 0.15) is 126 Å². The Labute approximate surface area is 244 Å². The standard InChI is InChI=1S/C34H57N2O4/c1-4-6-7-8-9-10-11-12-13-14-15-16-17-20-26-39-28-32(38-3)29-40-34(37)33-22-19-18-21-31(33)27-36-25-24-35(30-36)23-5-2/h18-19,21-22,24-25,30,32H,4-17,20,23,26-29H2,1-3H3/q+1. The lowest BCUT2D eigenvalue weighted by molar-refractivity contribution is -0.687. The molecule has 1 unspecified atom stereocenters.